The second-order valence-electron chi connectivity index (χ2n) is 5.38. The quantitative estimate of drug-likeness (QED) is 0.537. The lowest BCUT2D eigenvalue weighted by atomic mass is 10.2. The molecule has 1 amide bonds. The number of amides is 1. The van der Waals surface area contributed by atoms with Crippen molar-refractivity contribution < 1.29 is 31.2 Å². The molecule has 0 unspecified atom stereocenters. The maximum absolute atomic E-state index is 12.0. The van der Waals surface area contributed by atoms with Gasteiger partial charge in [0, 0.05) is 5.69 Å². The summed E-state index contributed by atoms with van der Waals surface area (Å²) in [6.45, 7) is -0.677. The fourth-order valence-corrected chi connectivity index (χ4v) is 3.57. The van der Waals surface area contributed by atoms with Gasteiger partial charge in [0.1, 0.15) is 4.90 Å². The summed E-state index contributed by atoms with van der Waals surface area (Å²) in [5, 5.41) is 12.2. The van der Waals surface area contributed by atoms with Gasteiger partial charge in [-0.25, -0.2) is 31.9 Å². The standard InChI is InChI=1S/C15H14ClN3O7S2/c16-12-6-1-9(7-13(12)28(18,24)25)15(21)26-8-14(20)19-10-2-4-11(5-3-10)27(17,22)23/h1-7H,8H2,(H,19,20)(H2,17,22,23)(H2,18,24,25). The van der Waals surface area contributed by atoms with Crippen molar-refractivity contribution in [1.82, 2.24) is 0 Å². The van der Waals surface area contributed by atoms with Crippen molar-refractivity contribution in [2.75, 3.05) is 11.9 Å². The van der Waals surface area contributed by atoms with Crippen molar-refractivity contribution >= 4 is 49.2 Å². The Bertz CT molecular complexity index is 1130. The van der Waals surface area contributed by atoms with Gasteiger partial charge in [-0.05, 0) is 42.5 Å². The number of carbonyl (C=O) groups is 2. The molecule has 0 heterocycles. The molecule has 28 heavy (non-hydrogen) atoms. The van der Waals surface area contributed by atoms with E-state index < -0.39 is 43.4 Å². The van der Waals surface area contributed by atoms with E-state index in [9.17, 15) is 26.4 Å². The minimum Gasteiger partial charge on any atom is -0.452 e. The highest BCUT2D eigenvalue weighted by Crippen LogP contribution is 2.22. The Morgan fingerprint density at radius 2 is 1.57 bits per heavy atom. The highest BCUT2D eigenvalue weighted by atomic mass is 35.5. The van der Waals surface area contributed by atoms with Crippen LogP contribution in [0.5, 0.6) is 0 Å². The van der Waals surface area contributed by atoms with Gasteiger partial charge in [-0.2, -0.15) is 0 Å². The lowest BCUT2D eigenvalue weighted by Gasteiger charge is -2.08. The van der Waals surface area contributed by atoms with Crippen LogP contribution in [0.1, 0.15) is 10.4 Å². The number of anilines is 1. The first-order valence-corrected chi connectivity index (χ1v) is 10.8. The van der Waals surface area contributed by atoms with E-state index in [1.54, 1.807) is 0 Å². The van der Waals surface area contributed by atoms with Crippen LogP contribution >= 0.6 is 11.6 Å². The van der Waals surface area contributed by atoms with Crippen LogP contribution in [-0.2, 0) is 29.6 Å². The fourth-order valence-electron chi connectivity index (χ4n) is 1.99. The maximum atomic E-state index is 12.0. The SMILES string of the molecule is NS(=O)(=O)c1ccc(NC(=O)COC(=O)c2ccc(Cl)c(S(N)(=O)=O)c2)cc1. The average molecular weight is 448 g/mol. The average Bonchev–Trinajstić information content (AvgIpc) is 2.58. The van der Waals surface area contributed by atoms with E-state index in [0.717, 1.165) is 12.1 Å². The number of esters is 1. The van der Waals surface area contributed by atoms with Crippen molar-refractivity contribution in [1.29, 1.82) is 0 Å². The number of hydrogen-bond donors (Lipinski definition) is 3. The first-order valence-electron chi connectivity index (χ1n) is 7.30. The molecule has 0 bridgehead atoms. The van der Waals surface area contributed by atoms with E-state index in [0.29, 0.717) is 0 Å². The molecule has 150 valence electrons. The van der Waals surface area contributed by atoms with Crippen molar-refractivity contribution in [2.24, 2.45) is 10.3 Å². The first kappa shape index (κ1) is 21.8. The van der Waals surface area contributed by atoms with Crippen LogP contribution in [0.3, 0.4) is 0 Å². The normalized spacial score (nSPS) is 11.7. The van der Waals surface area contributed by atoms with Crippen LogP contribution in [0, 0.1) is 0 Å². The van der Waals surface area contributed by atoms with E-state index in [-0.39, 0.29) is 21.2 Å². The van der Waals surface area contributed by atoms with Gasteiger partial charge in [0.05, 0.1) is 15.5 Å². The number of nitrogens with one attached hydrogen (secondary N) is 1. The number of nitrogens with two attached hydrogens (primary N) is 2. The van der Waals surface area contributed by atoms with Gasteiger partial charge in [-0.3, -0.25) is 4.79 Å². The minimum absolute atomic E-state index is 0.134. The second kappa shape index (κ2) is 8.24. The van der Waals surface area contributed by atoms with Gasteiger partial charge >= 0.3 is 5.97 Å². The van der Waals surface area contributed by atoms with Gasteiger partial charge in [0.15, 0.2) is 6.61 Å². The Hall–Kier alpha value is -2.51. The van der Waals surface area contributed by atoms with Crippen molar-refractivity contribution in [3.63, 3.8) is 0 Å². The molecule has 0 saturated heterocycles. The third kappa shape index (κ3) is 5.74. The number of halogens is 1. The predicted molar refractivity (Wildman–Crippen MR) is 99.6 cm³/mol. The van der Waals surface area contributed by atoms with Crippen LogP contribution in [0.2, 0.25) is 5.02 Å². The number of benzene rings is 2. The number of rotatable bonds is 6. The molecule has 0 fully saturated rings. The Morgan fingerprint density at radius 1 is 0.964 bits per heavy atom. The summed E-state index contributed by atoms with van der Waals surface area (Å²) in [5.74, 6) is -1.68. The zero-order chi connectivity index (χ0) is 21.1. The largest absolute Gasteiger partial charge is 0.452 e. The van der Waals surface area contributed by atoms with Crippen LogP contribution in [-0.4, -0.2) is 35.3 Å². The topological polar surface area (TPSA) is 176 Å². The third-order valence-corrected chi connectivity index (χ3v) is 5.60. The van der Waals surface area contributed by atoms with E-state index in [2.05, 4.69) is 5.32 Å². The van der Waals surface area contributed by atoms with E-state index >= 15 is 0 Å². The molecule has 10 nitrogen and oxygen atoms in total. The number of sulfonamides is 2. The lowest BCUT2D eigenvalue weighted by Crippen LogP contribution is -2.21. The summed E-state index contributed by atoms with van der Waals surface area (Å²) < 4.78 is 50.0. The minimum atomic E-state index is -4.15. The molecule has 0 aliphatic heterocycles. The first-order chi connectivity index (χ1) is 12.9. The number of primary sulfonamides is 2. The number of hydrogen-bond acceptors (Lipinski definition) is 7. The summed E-state index contributed by atoms with van der Waals surface area (Å²) in [6.07, 6.45) is 0. The van der Waals surface area contributed by atoms with Gasteiger partial charge in [-0.15, -0.1) is 0 Å². The van der Waals surface area contributed by atoms with E-state index in [1.807, 2.05) is 0 Å². The molecule has 0 aromatic heterocycles. The molecule has 0 aliphatic rings. The monoisotopic (exact) mass is 447 g/mol. The number of ether oxygens (including phenoxy) is 1. The smallest absolute Gasteiger partial charge is 0.338 e. The Morgan fingerprint density at radius 3 is 2.11 bits per heavy atom. The van der Waals surface area contributed by atoms with E-state index in [1.165, 1.54) is 30.3 Å². The molecule has 2 aromatic carbocycles. The molecule has 0 atom stereocenters. The zero-order valence-electron chi connectivity index (χ0n) is 14.0. The van der Waals surface area contributed by atoms with Gasteiger partial charge in [-0.1, -0.05) is 11.6 Å². The summed E-state index contributed by atoms with van der Waals surface area (Å²) in [4.78, 5) is 23.2. The van der Waals surface area contributed by atoms with Gasteiger partial charge in [0.25, 0.3) is 5.91 Å². The molecule has 0 radical (unpaired) electrons. The molecule has 2 rings (SSSR count). The lowest BCUT2D eigenvalue weighted by molar-refractivity contribution is -0.119. The molecule has 13 heteroatoms. The number of carbonyl (C=O) groups excluding carboxylic acids is 2. The molecule has 0 aliphatic carbocycles. The summed E-state index contributed by atoms with van der Waals surface area (Å²) in [7, 11) is -8.01. The third-order valence-electron chi connectivity index (χ3n) is 3.27. The molecule has 0 saturated carbocycles. The summed E-state index contributed by atoms with van der Waals surface area (Å²) >= 11 is 5.72. The summed E-state index contributed by atoms with van der Waals surface area (Å²) in [6, 6.07) is 8.30. The van der Waals surface area contributed by atoms with Crippen molar-refractivity contribution in [3.05, 3.63) is 53.1 Å². The van der Waals surface area contributed by atoms with E-state index in [4.69, 9.17) is 26.6 Å². The van der Waals surface area contributed by atoms with Gasteiger partial charge < -0.3 is 10.1 Å². The Kier molecular flexibility index (Phi) is 6.41. The van der Waals surface area contributed by atoms with Crippen LogP contribution in [0.15, 0.2) is 52.3 Å². The van der Waals surface area contributed by atoms with Crippen LogP contribution in [0.4, 0.5) is 5.69 Å². The molecule has 0 spiro atoms. The highest BCUT2D eigenvalue weighted by Gasteiger charge is 2.18. The van der Waals surface area contributed by atoms with Crippen molar-refractivity contribution in [3.8, 4) is 0 Å². The van der Waals surface area contributed by atoms with Gasteiger partial charge in [0.2, 0.25) is 20.0 Å². The molecule has 5 N–H and O–H groups in total. The molecule has 2 aromatic rings. The Balaban J connectivity index is 2.00. The second-order valence-corrected chi connectivity index (χ2v) is 8.88. The zero-order valence-corrected chi connectivity index (χ0v) is 16.3. The van der Waals surface area contributed by atoms with Crippen LogP contribution in [0.25, 0.3) is 0 Å². The highest BCUT2D eigenvalue weighted by molar-refractivity contribution is 7.89. The summed E-state index contributed by atoms with van der Waals surface area (Å²) in [5.41, 5.74) is 0.0789. The fraction of sp³-hybridized carbons (Fsp3) is 0.0667. The molecular weight excluding hydrogens is 434 g/mol. The maximum Gasteiger partial charge on any atom is 0.338 e. The van der Waals surface area contributed by atoms with Crippen LogP contribution < -0.4 is 15.6 Å². The predicted octanol–water partition coefficient (Wildman–Crippen LogP) is 0.430. The van der Waals surface area contributed by atoms with Crippen molar-refractivity contribution in [2.45, 2.75) is 9.79 Å². The molecular formula is C15H14ClN3O7S2. The Labute approximate surface area is 165 Å².